The minimum atomic E-state index is -4.20. The van der Waals surface area contributed by atoms with Crippen molar-refractivity contribution in [1.29, 1.82) is 0 Å². The van der Waals surface area contributed by atoms with Crippen LogP contribution >= 0.6 is 26.8 Å². The number of hydrogen-bond acceptors (Lipinski definition) is 9. The number of benzene rings is 1. The van der Waals surface area contributed by atoms with Crippen LogP contribution in [-0.4, -0.2) is 43.3 Å². The van der Waals surface area contributed by atoms with Gasteiger partial charge in [0.25, 0.3) is 5.02 Å². The lowest BCUT2D eigenvalue weighted by molar-refractivity contribution is 0.0960. The zero-order chi connectivity index (χ0) is 22.4. The van der Waals surface area contributed by atoms with Gasteiger partial charge in [-0.3, -0.25) is 13.9 Å². The van der Waals surface area contributed by atoms with Crippen molar-refractivity contribution in [3.8, 4) is 0 Å². The van der Waals surface area contributed by atoms with Crippen LogP contribution in [0.5, 0.6) is 0 Å². The van der Waals surface area contributed by atoms with Gasteiger partial charge in [-0.1, -0.05) is 11.6 Å². The van der Waals surface area contributed by atoms with Crippen LogP contribution in [0, 0.1) is 0 Å². The SMILES string of the molecule is CCOP(=O)(OCC)C1(P(=O)(OCC)OCC)CC(C(=O)c2ccc(Cl)cc2)N=N1. The van der Waals surface area contributed by atoms with E-state index in [2.05, 4.69) is 10.2 Å². The van der Waals surface area contributed by atoms with E-state index in [1.165, 1.54) is 0 Å². The average Bonchev–Trinajstić information content (AvgIpc) is 3.17. The van der Waals surface area contributed by atoms with Gasteiger partial charge in [0.1, 0.15) is 6.04 Å². The molecule has 1 heterocycles. The third kappa shape index (κ3) is 4.78. The number of azo groups is 1. The summed E-state index contributed by atoms with van der Waals surface area (Å²) in [5, 5.41) is 6.51. The lowest BCUT2D eigenvalue weighted by Crippen LogP contribution is -2.33. The van der Waals surface area contributed by atoms with Gasteiger partial charge in [-0.05, 0) is 52.0 Å². The van der Waals surface area contributed by atoms with Gasteiger partial charge >= 0.3 is 15.2 Å². The maximum absolute atomic E-state index is 13.8. The Bertz CT molecular complexity index is 813. The summed E-state index contributed by atoms with van der Waals surface area (Å²) in [4.78, 5) is 13.0. The van der Waals surface area contributed by atoms with E-state index < -0.39 is 32.0 Å². The molecule has 0 aromatic heterocycles. The molecule has 0 fully saturated rings. The van der Waals surface area contributed by atoms with Crippen LogP contribution in [0.2, 0.25) is 5.02 Å². The van der Waals surface area contributed by atoms with E-state index in [0.29, 0.717) is 10.6 Å². The van der Waals surface area contributed by atoms with Crippen molar-refractivity contribution < 1.29 is 32.0 Å². The molecule has 1 unspecified atom stereocenters. The summed E-state index contributed by atoms with van der Waals surface area (Å²) in [7, 11) is -8.40. The average molecular weight is 481 g/mol. The van der Waals surface area contributed by atoms with Crippen molar-refractivity contribution in [2.24, 2.45) is 10.2 Å². The summed E-state index contributed by atoms with van der Waals surface area (Å²) in [5.41, 5.74) is 0.337. The molecule has 0 saturated carbocycles. The predicted molar refractivity (Wildman–Crippen MR) is 113 cm³/mol. The van der Waals surface area contributed by atoms with E-state index in [9.17, 15) is 13.9 Å². The number of carbonyl (C=O) groups is 1. The molecule has 2 rings (SSSR count). The van der Waals surface area contributed by atoms with Gasteiger partial charge in [-0.15, -0.1) is 0 Å². The summed E-state index contributed by atoms with van der Waals surface area (Å²) in [6.07, 6.45) is -0.303. The second-order valence-electron chi connectivity index (χ2n) is 6.25. The first kappa shape index (κ1) is 25.3. The Morgan fingerprint density at radius 1 is 0.967 bits per heavy atom. The topological polar surface area (TPSA) is 113 Å². The molecule has 30 heavy (non-hydrogen) atoms. The number of halogens is 1. The molecule has 0 aliphatic carbocycles. The molecule has 1 atom stereocenters. The van der Waals surface area contributed by atoms with Crippen LogP contribution in [0.3, 0.4) is 0 Å². The van der Waals surface area contributed by atoms with Crippen molar-refractivity contribution in [2.45, 2.75) is 45.2 Å². The molecule has 1 aromatic carbocycles. The van der Waals surface area contributed by atoms with Crippen molar-refractivity contribution in [2.75, 3.05) is 26.4 Å². The van der Waals surface area contributed by atoms with Crippen LogP contribution in [0.1, 0.15) is 44.5 Å². The standard InChI is InChI=1S/C18H27ClN2O7P2/c1-5-25-29(23,26-6-2)18(30(24,27-7-3)28-8-4)13-16(20-21-18)17(22)14-9-11-15(19)12-10-14/h9-12,16H,5-8,13H2,1-4H3. The highest BCUT2D eigenvalue weighted by atomic mass is 35.5. The van der Waals surface area contributed by atoms with E-state index in [1.54, 1.807) is 52.0 Å². The summed E-state index contributed by atoms with van der Waals surface area (Å²) in [6.45, 7) is 6.49. The van der Waals surface area contributed by atoms with Gasteiger partial charge in [0.2, 0.25) is 0 Å². The predicted octanol–water partition coefficient (Wildman–Crippen LogP) is 5.93. The van der Waals surface area contributed by atoms with Gasteiger partial charge in [0.15, 0.2) is 5.78 Å². The largest absolute Gasteiger partial charge is 0.372 e. The lowest BCUT2D eigenvalue weighted by Gasteiger charge is -2.36. The van der Waals surface area contributed by atoms with Crippen molar-refractivity contribution in [3.05, 3.63) is 34.9 Å². The Kier molecular flexibility index (Phi) is 8.95. The molecule has 1 aliphatic heterocycles. The number of rotatable bonds is 12. The molecule has 0 saturated heterocycles. The van der Waals surface area contributed by atoms with Crippen LogP contribution in [-0.2, 0) is 27.2 Å². The van der Waals surface area contributed by atoms with E-state index in [4.69, 9.17) is 29.7 Å². The number of ketones is 1. The van der Waals surface area contributed by atoms with Crippen molar-refractivity contribution in [3.63, 3.8) is 0 Å². The summed E-state index contributed by atoms with van der Waals surface area (Å²) in [5.74, 6) is -0.392. The second kappa shape index (κ2) is 10.6. The van der Waals surface area contributed by atoms with E-state index in [-0.39, 0.29) is 32.8 Å². The van der Waals surface area contributed by atoms with E-state index in [0.717, 1.165) is 0 Å². The second-order valence-corrected chi connectivity index (χ2v) is 11.5. The van der Waals surface area contributed by atoms with Gasteiger partial charge in [-0.2, -0.15) is 10.2 Å². The number of Topliss-reactive ketones (excluding diaryl/α,β-unsaturated/α-hetero) is 1. The van der Waals surface area contributed by atoms with E-state index in [1.807, 2.05) is 0 Å². The zero-order valence-corrected chi connectivity index (χ0v) is 20.0. The molecule has 1 aromatic rings. The summed E-state index contributed by atoms with van der Waals surface area (Å²) < 4.78 is 49.5. The lowest BCUT2D eigenvalue weighted by atomic mass is 10.0. The Labute approximate surface area is 181 Å². The van der Waals surface area contributed by atoms with Crippen LogP contribution in [0.25, 0.3) is 0 Å². The Morgan fingerprint density at radius 3 is 1.80 bits per heavy atom. The number of nitrogens with zero attached hydrogens (tertiary/aromatic N) is 2. The molecule has 1 aliphatic rings. The van der Waals surface area contributed by atoms with Gasteiger partial charge in [0, 0.05) is 17.0 Å². The van der Waals surface area contributed by atoms with Crippen LogP contribution < -0.4 is 0 Å². The molecule has 0 spiro atoms. The summed E-state index contributed by atoms with van der Waals surface area (Å²) >= 11 is 5.89. The quantitative estimate of drug-likeness (QED) is 0.269. The van der Waals surface area contributed by atoms with Crippen LogP contribution in [0.15, 0.2) is 34.5 Å². The van der Waals surface area contributed by atoms with Crippen LogP contribution in [0.4, 0.5) is 0 Å². The first-order valence-electron chi connectivity index (χ1n) is 9.72. The normalized spacial score (nSPS) is 18.6. The van der Waals surface area contributed by atoms with Gasteiger partial charge in [0.05, 0.1) is 26.4 Å². The monoisotopic (exact) mass is 480 g/mol. The molecule has 0 bridgehead atoms. The maximum atomic E-state index is 13.8. The Hall–Kier alpha value is -0.920. The highest BCUT2D eigenvalue weighted by Gasteiger charge is 2.69. The fourth-order valence-corrected chi connectivity index (χ4v) is 8.58. The highest BCUT2D eigenvalue weighted by Crippen LogP contribution is 2.81. The fourth-order valence-electron chi connectivity index (χ4n) is 3.11. The maximum Gasteiger partial charge on any atom is 0.372 e. The van der Waals surface area contributed by atoms with Gasteiger partial charge in [-0.25, -0.2) is 0 Å². The smallest absolute Gasteiger partial charge is 0.307 e. The molecule has 9 nitrogen and oxygen atoms in total. The minimum Gasteiger partial charge on any atom is -0.307 e. The first-order chi connectivity index (χ1) is 14.2. The molecule has 0 N–H and O–H groups in total. The first-order valence-corrected chi connectivity index (χ1v) is 13.2. The highest BCUT2D eigenvalue weighted by molar-refractivity contribution is 7.74. The molecule has 12 heteroatoms. The third-order valence-electron chi connectivity index (χ3n) is 4.33. The number of hydrogen-bond donors (Lipinski definition) is 0. The van der Waals surface area contributed by atoms with Gasteiger partial charge < -0.3 is 18.1 Å². The van der Waals surface area contributed by atoms with Crippen molar-refractivity contribution >= 4 is 32.6 Å². The Morgan fingerprint density at radius 2 is 1.40 bits per heavy atom. The van der Waals surface area contributed by atoms with Crippen molar-refractivity contribution in [1.82, 2.24) is 0 Å². The zero-order valence-electron chi connectivity index (χ0n) is 17.4. The molecule has 168 valence electrons. The minimum absolute atomic E-state index is 0.00257. The fraction of sp³-hybridized carbons (Fsp3) is 0.611. The third-order valence-corrected chi connectivity index (χ3v) is 10.7. The Balaban J connectivity index is 2.54. The molecular weight excluding hydrogens is 454 g/mol. The molecule has 0 amide bonds. The summed E-state index contributed by atoms with van der Waals surface area (Å²) in [6, 6.07) is 5.19. The molecular formula is C18H27ClN2O7P2. The van der Waals surface area contributed by atoms with E-state index >= 15 is 0 Å². The molecule has 0 radical (unpaired) electrons. The number of carbonyl (C=O) groups excluding carboxylic acids is 1.